The minimum absolute atomic E-state index is 0.343. The third-order valence-corrected chi connectivity index (χ3v) is 3.42. The fourth-order valence-electron chi connectivity index (χ4n) is 1.59. The van der Waals surface area contributed by atoms with E-state index in [0.717, 1.165) is 14.9 Å². The van der Waals surface area contributed by atoms with Crippen LogP contribution < -0.4 is 5.32 Å². The molecule has 2 aromatic rings. The second-order valence-corrected chi connectivity index (χ2v) is 4.80. The molecule has 0 aliphatic rings. The van der Waals surface area contributed by atoms with Crippen LogP contribution in [0.1, 0.15) is 10.4 Å². The molecule has 0 saturated carbocycles. The topological polar surface area (TPSA) is 38.3 Å². The van der Waals surface area contributed by atoms with Crippen LogP contribution in [0, 0.1) is 3.57 Å². The molecule has 0 heterocycles. The molecule has 92 valence electrons. The minimum atomic E-state index is -0.343. The van der Waals surface area contributed by atoms with Gasteiger partial charge in [-0.3, -0.25) is 0 Å². The average Bonchev–Trinajstić information content (AvgIpc) is 2.41. The van der Waals surface area contributed by atoms with Crippen LogP contribution in [0.25, 0.3) is 0 Å². The maximum absolute atomic E-state index is 11.6. The smallest absolute Gasteiger partial charge is 0.339 e. The predicted octanol–water partition coefficient (Wildman–Crippen LogP) is 3.82. The highest BCUT2D eigenvalue weighted by Gasteiger charge is 2.11. The molecule has 0 bridgehead atoms. The van der Waals surface area contributed by atoms with Crippen molar-refractivity contribution < 1.29 is 9.53 Å². The Morgan fingerprint density at radius 2 is 1.67 bits per heavy atom. The van der Waals surface area contributed by atoms with E-state index in [1.54, 1.807) is 6.07 Å². The van der Waals surface area contributed by atoms with E-state index in [2.05, 4.69) is 27.9 Å². The second kappa shape index (κ2) is 5.86. The van der Waals surface area contributed by atoms with Crippen molar-refractivity contribution in [2.75, 3.05) is 12.4 Å². The Morgan fingerprint density at radius 1 is 1.06 bits per heavy atom. The molecule has 18 heavy (non-hydrogen) atoms. The van der Waals surface area contributed by atoms with Crippen molar-refractivity contribution >= 4 is 39.9 Å². The van der Waals surface area contributed by atoms with Crippen LogP contribution in [-0.2, 0) is 4.74 Å². The van der Waals surface area contributed by atoms with Crippen LogP contribution in [0.3, 0.4) is 0 Å². The van der Waals surface area contributed by atoms with Crippen LogP contribution in [0.5, 0.6) is 0 Å². The molecule has 4 heteroatoms. The van der Waals surface area contributed by atoms with Gasteiger partial charge in [0.25, 0.3) is 0 Å². The number of benzene rings is 2. The molecule has 0 spiro atoms. The van der Waals surface area contributed by atoms with Gasteiger partial charge >= 0.3 is 5.97 Å². The van der Waals surface area contributed by atoms with Gasteiger partial charge in [0.05, 0.1) is 24.0 Å². The number of anilines is 2. The zero-order chi connectivity index (χ0) is 13.0. The summed E-state index contributed by atoms with van der Waals surface area (Å²) in [5.74, 6) is -0.343. The standard InChI is InChI=1S/C14H12INO2/c1-18-14(17)10-6-2-4-8-12(10)16-13-9-5-3-7-11(13)15/h2-9,16H,1H3. The summed E-state index contributed by atoms with van der Waals surface area (Å²) in [6.45, 7) is 0. The molecular formula is C14H12INO2. The number of carbonyl (C=O) groups is 1. The Morgan fingerprint density at radius 3 is 2.33 bits per heavy atom. The molecule has 2 aromatic carbocycles. The number of ether oxygens (including phenoxy) is 1. The van der Waals surface area contributed by atoms with E-state index in [4.69, 9.17) is 4.74 Å². The van der Waals surface area contributed by atoms with E-state index >= 15 is 0 Å². The molecule has 0 unspecified atom stereocenters. The molecule has 0 aliphatic heterocycles. The molecule has 0 aromatic heterocycles. The van der Waals surface area contributed by atoms with Crippen molar-refractivity contribution in [3.8, 4) is 0 Å². The summed E-state index contributed by atoms with van der Waals surface area (Å²) in [4.78, 5) is 11.6. The number of nitrogens with one attached hydrogen (secondary N) is 1. The molecule has 0 aliphatic carbocycles. The fraction of sp³-hybridized carbons (Fsp3) is 0.0714. The Labute approximate surface area is 119 Å². The number of halogens is 1. The van der Waals surface area contributed by atoms with Crippen LogP contribution >= 0.6 is 22.6 Å². The zero-order valence-electron chi connectivity index (χ0n) is 9.81. The highest BCUT2D eigenvalue weighted by Crippen LogP contribution is 2.25. The van der Waals surface area contributed by atoms with Crippen molar-refractivity contribution in [1.82, 2.24) is 0 Å². The third-order valence-electron chi connectivity index (χ3n) is 2.48. The van der Waals surface area contributed by atoms with Gasteiger partial charge in [0.2, 0.25) is 0 Å². The Hall–Kier alpha value is -1.56. The van der Waals surface area contributed by atoms with E-state index in [1.165, 1.54) is 7.11 Å². The zero-order valence-corrected chi connectivity index (χ0v) is 12.0. The quantitative estimate of drug-likeness (QED) is 0.674. The van der Waals surface area contributed by atoms with Crippen molar-refractivity contribution in [2.24, 2.45) is 0 Å². The summed E-state index contributed by atoms with van der Waals surface area (Å²) in [7, 11) is 1.38. The third kappa shape index (κ3) is 2.81. The summed E-state index contributed by atoms with van der Waals surface area (Å²) in [5.41, 5.74) is 2.24. The number of para-hydroxylation sites is 2. The molecule has 0 radical (unpaired) electrons. The van der Waals surface area contributed by atoms with Gasteiger partial charge in [0.15, 0.2) is 0 Å². The van der Waals surface area contributed by atoms with Crippen LogP contribution in [0.2, 0.25) is 0 Å². The summed E-state index contributed by atoms with van der Waals surface area (Å²) in [5, 5.41) is 3.25. The predicted molar refractivity (Wildman–Crippen MR) is 80.2 cm³/mol. The first-order valence-electron chi connectivity index (χ1n) is 5.41. The van der Waals surface area contributed by atoms with E-state index < -0.39 is 0 Å². The minimum Gasteiger partial charge on any atom is -0.465 e. The van der Waals surface area contributed by atoms with Gasteiger partial charge in [0, 0.05) is 3.57 Å². The number of methoxy groups -OCH3 is 1. The number of hydrogen-bond donors (Lipinski definition) is 1. The van der Waals surface area contributed by atoms with Crippen LogP contribution in [0.15, 0.2) is 48.5 Å². The van der Waals surface area contributed by atoms with Gasteiger partial charge in [-0.25, -0.2) is 4.79 Å². The van der Waals surface area contributed by atoms with E-state index in [-0.39, 0.29) is 5.97 Å². The monoisotopic (exact) mass is 353 g/mol. The normalized spacial score (nSPS) is 9.89. The summed E-state index contributed by atoms with van der Waals surface area (Å²) >= 11 is 2.25. The Bertz CT molecular complexity index is 569. The Kier molecular flexibility index (Phi) is 4.19. The van der Waals surface area contributed by atoms with Gasteiger partial charge < -0.3 is 10.1 Å². The molecule has 0 amide bonds. The molecular weight excluding hydrogens is 341 g/mol. The van der Waals surface area contributed by atoms with Crippen molar-refractivity contribution in [3.05, 3.63) is 57.7 Å². The molecule has 0 fully saturated rings. The van der Waals surface area contributed by atoms with Crippen molar-refractivity contribution in [2.45, 2.75) is 0 Å². The first kappa shape index (κ1) is 12.9. The van der Waals surface area contributed by atoms with Gasteiger partial charge in [-0.1, -0.05) is 24.3 Å². The largest absolute Gasteiger partial charge is 0.465 e. The summed E-state index contributed by atoms with van der Waals surface area (Å²) in [6.07, 6.45) is 0. The van der Waals surface area contributed by atoms with Gasteiger partial charge in [-0.05, 0) is 46.9 Å². The Balaban J connectivity index is 2.35. The summed E-state index contributed by atoms with van der Waals surface area (Å²) in [6, 6.07) is 15.2. The van der Waals surface area contributed by atoms with E-state index in [9.17, 15) is 4.79 Å². The van der Waals surface area contributed by atoms with Crippen LogP contribution in [0.4, 0.5) is 11.4 Å². The lowest BCUT2D eigenvalue weighted by atomic mass is 10.1. The summed E-state index contributed by atoms with van der Waals surface area (Å²) < 4.78 is 5.86. The van der Waals surface area contributed by atoms with E-state index in [0.29, 0.717) is 5.56 Å². The highest BCUT2D eigenvalue weighted by molar-refractivity contribution is 14.1. The van der Waals surface area contributed by atoms with Gasteiger partial charge in [-0.2, -0.15) is 0 Å². The number of hydrogen-bond acceptors (Lipinski definition) is 3. The maximum atomic E-state index is 11.6. The maximum Gasteiger partial charge on any atom is 0.339 e. The van der Waals surface area contributed by atoms with E-state index in [1.807, 2.05) is 42.5 Å². The molecule has 0 atom stereocenters. The first-order valence-corrected chi connectivity index (χ1v) is 6.49. The molecule has 0 saturated heterocycles. The second-order valence-electron chi connectivity index (χ2n) is 3.64. The molecule has 2 rings (SSSR count). The fourth-order valence-corrected chi connectivity index (χ4v) is 2.11. The van der Waals surface area contributed by atoms with Gasteiger partial charge in [0.1, 0.15) is 0 Å². The van der Waals surface area contributed by atoms with Gasteiger partial charge in [-0.15, -0.1) is 0 Å². The lowest BCUT2D eigenvalue weighted by Gasteiger charge is -2.11. The number of esters is 1. The first-order chi connectivity index (χ1) is 8.72. The van der Waals surface area contributed by atoms with Crippen molar-refractivity contribution in [3.63, 3.8) is 0 Å². The highest BCUT2D eigenvalue weighted by atomic mass is 127. The molecule has 1 N–H and O–H groups in total. The molecule has 3 nitrogen and oxygen atoms in total. The number of rotatable bonds is 3. The lowest BCUT2D eigenvalue weighted by Crippen LogP contribution is -2.05. The average molecular weight is 353 g/mol. The SMILES string of the molecule is COC(=O)c1ccccc1Nc1ccccc1I. The lowest BCUT2D eigenvalue weighted by molar-refractivity contribution is 0.0602. The van der Waals surface area contributed by atoms with Crippen molar-refractivity contribution in [1.29, 1.82) is 0 Å². The van der Waals surface area contributed by atoms with Crippen LogP contribution in [-0.4, -0.2) is 13.1 Å². The number of carbonyl (C=O) groups excluding carboxylic acids is 1.